The molecule has 5 aliphatic rings. The fourth-order valence-corrected chi connectivity index (χ4v) is 6.90. The predicted octanol–water partition coefficient (Wildman–Crippen LogP) is 3.38. The first-order valence-corrected chi connectivity index (χ1v) is 12.0. The summed E-state index contributed by atoms with van der Waals surface area (Å²) in [6.45, 7) is 0. The quantitative estimate of drug-likeness (QED) is 0.456. The molecule has 182 valence electrons. The molecule has 0 radical (unpaired) electrons. The fraction of sp³-hybridized carbons (Fsp3) is 0.826. The van der Waals surface area contributed by atoms with Crippen LogP contribution in [0.4, 0.5) is 17.6 Å². The Labute approximate surface area is 189 Å². The van der Waals surface area contributed by atoms with Crippen molar-refractivity contribution in [2.45, 2.75) is 88.6 Å². The predicted molar refractivity (Wildman–Crippen MR) is 106 cm³/mol. The van der Waals surface area contributed by atoms with Crippen molar-refractivity contribution in [1.82, 2.24) is 9.80 Å². The molecule has 2 heterocycles. The standard InChI is InChI=1S/C23H28F4N2O4/c24-12-3-7-14(8-4-12)29-21(32)17-9-15-16(10-18(17)22(29)33)20(31)28(19(15)30)13-5-1-11(2-6-13)23(25,26)27/h11-18H,1-10H2. The Balaban J connectivity index is 1.28. The minimum Gasteiger partial charge on any atom is -0.279 e. The van der Waals surface area contributed by atoms with E-state index in [2.05, 4.69) is 0 Å². The summed E-state index contributed by atoms with van der Waals surface area (Å²) in [5, 5.41) is 0. The van der Waals surface area contributed by atoms with Gasteiger partial charge in [-0.3, -0.25) is 29.0 Å². The highest BCUT2D eigenvalue weighted by Crippen LogP contribution is 2.50. The maximum Gasteiger partial charge on any atom is 0.391 e. The Morgan fingerprint density at radius 2 is 0.909 bits per heavy atom. The van der Waals surface area contributed by atoms with Crippen LogP contribution in [-0.2, 0) is 19.2 Å². The summed E-state index contributed by atoms with van der Waals surface area (Å²) in [7, 11) is 0. The highest BCUT2D eigenvalue weighted by atomic mass is 19.4. The van der Waals surface area contributed by atoms with Gasteiger partial charge in [-0.1, -0.05) is 0 Å². The Kier molecular flexibility index (Phi) is 5.55. The first-order chi connectivity index (χ1) is 15.6. The number of imide groups is 2. The lowest BCUT2D eigenvalue weighted by Crippen LogP contribution is -2.44. The lowest BCUT2D eigenvalue weighted by molar-refractivity contribution is -0.184. The van der Waals surface area contributed by atoms with Crippen molar-refractivity contribution in [2.75, 3.05) is 0 Å². The summed E-state index contributed by atoms with van der Waals surface area (Å²) in [5.74, 6) is -5.57. The number of amides is 4. The third-order valence-electron chi connectivity index (χ3n) is 8.72. The van der Waals surface area contributed by atoms with Crippen LogP contribution in [0.3, 0.4) is 0 Å². The minimum atomic E-state index is -4.27. The number of hydrogen-bond donors (Lipinski definition) is 0. The number of hydrogen-bond acceptors (Lipinski definition) is 4. The summed E-state index contributed by atoms with van der Waals surface area (Å²) in [6, 6.07) is -0.873. The second-order valence-electron chi connectivity index (χ2n) is 10.4. The van der Waals surface area contributed by atoms with Gasteiger partial charge in [-0.25, -0.2) is 4.39 Å². The van der Waals surface area contributed by atoms with E-state index in [9.17, 15) is 36.7 Å². The van der Waals surface area contributed by atoms with Crippen molar-refractivity contribution in [2.24, 2.45) is 29.6 Å². The van der Waals surface area contributed by atoms with Crippen molar-refractivity contribution < 1.29 is 36.7 Å². The van der Waals surface area contributed by atoms with Gasteiger partial charge in [0, 0.05) is 12.1 Å². The van der Waals surface area contributed by atoms with E-state index in [1.807, 2.05) is 0 Å². The zero-order chi connectivity index (χ0) is 23.7. The first-order valence-electron chi connectivity index (χ1n) is 12.0. The second kappa shape index (κ2) is 8.05. The number of halogens is 4. The molecule has 3 aliphatic carbocycles. The molecule has 2 saturated heterocycles. The van der Waals surface area contributed by atoms with Crippen LogP contribution in [-0.4, -0.2) is 57.9 Å². The normalized spacial score (nSPS) is 42.1. The molecule has 4 atom stereocenters. The van der Waals surface area contributed by atoms with Gasteiger partial charge in [0.2, 0.25) is 23.6 Å². The Morgan fingerprint density at radius 1 is 0.576 bits per heavy atom. The number of carbonyl (C=O) groups excluding carboxylic acids is 4. The summed E-state index contributed by atoms with van der Waals surface area (Å²) in [6.07, 6.45) is -3.45. The van der Waals surface area contributed by atoms with Crippen molar-refractivity contribution in [3.05, 3.63) is 0 Å². The lowest BCUT2D eigenvalue weighted by Gasteiger charge is -2.34. The molecule has 0 bridgehead atoms. The molecule has 6 nitrogen and oxygen atoms in total. The van der Waals surface area contributed by atoms with Gasteiger partial charge in [-0.2, -0.15) is 13.2 Å². The van der Waals surface area contributed by atoms with E-state index in [0.717, 1.165) is 4.90 Å². The van der Waals surface area contributed by atoms with Crippen LogP contribution >= 0.6 is 0 Å². The third-order valence-corrected chi connectivity index (χ3v) is 8.72. The van der Waals surface area contributed by atoms with Gasteiger partial charge in [0.15, 0.2) is 0 Å². The summed E-state index contributed by atoms with van der Waals surface area (Å²) in [4.78, 5) is 55.0. The zero-order valence-electron chi connectivity index (χ0n) is 18.2. The van der Waals surface area contributed by atoms with E-state index in [1.165, 1.54) is 4.90 Å². The molecule has 4 amide bonds. The number of likely N-dealkylation sites (tertiary alicyclic amines) is 2. The van der Waals surface area contributed by atoms with Crippen LogP contribution in [0.2, 0.25) is 0 Å². The smallest absolute Gasteiger partial charge is 0.279 e. The Morgan fingerprint density at radius 3 is 1.24 bits per heavy atom. The van der Waals surface area contributed by atoms with E-state index < -0.39 is 59.8 Å². The number of alkyl halides is 4. The molecule has 0 spiro atoms. The molecule has 0 aromatic rings. The van der Waals surface area contributed by atoms with Gasteiger partial charge < -0.3 is 0 Å². The molecule has 4 unspecified atom stereocenters. The van der Waals surface area contributed by atoms with Crippen LogP contribution in [0.15, 0.2) is 0 Å². The molecular formula is C23H28F4N2O4. The highest BCUT2D eigenvalue weighted by Gasteiger charge is 2.61. The molecule has 0 N–H and O–H groups in total. The number of fused-ring (bicyclic) bond motifs is 2. The first kappa shape index (κ1) is 22.8. The van der Waals surface area contributed by atoms with E-state index >= 15 is 0 Å². The van der Waals surface area contributed by atoms with Crippen LogP contribution in [0, 0.1) is 29.6 Å². The molecule has 2 aliphatic heterocycles. The van der Waals surface area contributed by atoms with Crippen LogP contribution in [0.1, 0.15) is 64.2 Å². The van der Waals surface area contributed by atoms with Crippen LogP contribution < -0.4 is 0 Å². The van der Waals surface area contributed by atoms with E-state index in [1.54, 1.807) is 0 Å². The SMILES string of the molecule is O=C1C2CC3C(=O)N(C4CCC(C(F)(F)F)CC4)C(=O)C3CC2C(=O)N1C1CCC(F)CC1. The van der Waals surface area contributed by atoms with Crippen molar-refractivity contribution >= 4 is 23.6 Å². The van der Waals surface area contributed by atoms with Crippen LogP contribution in [0.5, 0.6) is 0 Å². The molecular weight excluding hydrogens is 444 g/mol. The van der Waals surface area contributed by atoms with Gasteiger partial charge in [0.25, 0.3) is 0 Å². The number of nitrogens with zero attached hydrogens (tertiary/aromatic N) is 2. The van der Waals surface area contributed by atoms with Gasteiger partial charge in [-0.15, -0.1) is 0 Å². The summed E-state index contributed by atoms with van der Waals surface area (Å²) >= 11 is 0. The molecule has 5 fully saturated rings. The highest BCUT2D eigenvalue weighted by molar-refractivity contribution is 6.09. The van der Waals surface area contributed by atoms with Crippen LogP contribution in [0.25, 0.3) is 0 Å². The van der Waals surface area contributed by atoms with Gasteiger partial charge in [0.1, 0.15) is 6.17 Å². The summed E-state index contributed by atoms with van der Waals surface area (Å²) in [5.41, 5.74) is 0. The van der Waals surface area contributed by atoms with Gasteiger partial charge in [-0.05, 0) is 64.2 Å². The minimum absolute atomic E-state index is 0.112. The topological polar surface area (TPSA) is 74.8 Å². The molecule has 0 aromatic heterocycles. The number of carbonyl (C=O) groups is 4. The number of rotatable bonds is 2. The fourth-order valence-electron chi connectivity index (χ4n) is 6.90. The second-order valence-corrected chi connectivity index (χ2v) is 10.4. The van der Waals surface area contributed by atoms with E-state index in [4.69, 9.17) is 0 Å². The van der Waals surface area contributed by atoms with E-state index in [-0.39, 0.29) is 56.4 Å². The molecule has 33 heavy (non-hydrogen) atoms. The summed E-state index contributed by atoms with van der Waals surface area (Å²) < 4.78 is 52.5. The van der Waals surface area contributed by atoms with Gasteiger partial charge >= 0.3 is 6.18 Å². The van der Waals surface area contributed by atoms with Crippen molar-refractivity contribution in [3.8, 4) is 0 Å². The maximum absolute atomic E-state index is 13.5. The van der Waals surface area contributed by atoms with E-state index in [0.29, 0.717) is 25.7 Å². The lowest BCUT2D eigenvalue weighted by atomic mass is 9.70. The maximum atomic E-state index is 13.5. The molecule has 3 saturated carbocycles. The molecule has 10 heteroatoms. The largest absolute Gasteiger partial charge is 0.391 e. The average Bonchev–Trinajstić information content (AvgIpc) is 3.17. The van der Waals surface area contributed by atoms with Crippen molar-refractivity contribution in [1.29, 1.82) is 0 Å². The van der Waals surface area contributed by atoms with Gasteiger partial charge in [0.05, 0.1) is 29.6 Å². The third kappa shape index (κ3) is 3.67. The average molecular weight is 472 g/mol. The Hall–Kier alpha value is -2.00. The monoisotopic (exact) mass is 472 g/mol. The zero-order valence-corrected chi connectivity index (χ0v) is 18.2. The molecule has 0 aromatic carbocycles. The molecule has 5 rings (SSSR count). The Bertz CT molecular complexity index is 819. The van der Waals surface area contributed by atoms with Crippen molar-refractivity contribution in [3.63, 3.8) is 0 Å².